The van der Waals surface area contributed by atoms with Gasteiger partial charge in [-0.25, -0.2) is 8.42 Å². The Kier molecular flexibility index (Phi) is 2.03. The van der Waals surface area contributed by atoms with Crippen molar-refractivity contribution in [1.82, 2.24) is 0 Å². The molecule has 0 N–H and O–H groups in total. The molecule has 0 radical (unpaired) electrons. The predicted octanol–water partition coefficient (Wildman–Crippen LogP) is 1.61. The Hall–Kier alpha value is -0.0500. The van der Waals surface area contributed by atoms with Crippen LogP contribution in [0.4, 0.5) is 0 Å². The summed E-state index contributed by atoms with van der Waals surface area (Å²) in [5.74, 6) is 0.755. The second-order valence-electron chi connectivity index (χ2n) is 3.82. The Bertz CT molecular complexity index is 239. The van der Waals surface area contributed by atoms with Crippen molar-refractivity contribution in [2.45, 2.75) is 38.4 Å². The number of hydrogen-bond acceptors (Lipinski definition) is 2. The minimum absolute atomic E-state index is 0.368. The third-order valence-corrected chi connectivity index (χ3v) is 5.72. The summed E-state index contributed by atoms with van der Waals surface area (Å²) in [4.78, 5) is 0. The predicted molar refractivity (Wildman–Crippen MR) is 46.3 cm³/mol. The molecule has 0 spiro atoms. The van der Waals surface area contributed by atoms with Gasteiger partial charge in [-0.05, 0) is 26.2 Å². The molecule has 0 aromatic rings. The van der Waals surface area contributed by atoms with E-state index in [0.717, 1.165) is 12.8 Å². The molecule has 11 heavy (non-hydrogen) atoms. The minimum Gasteiger partial charge on any atom is -0.228 e. The van der Waals surface area contributed by atoms with Crippen molar-refractivity contribution in [2.75, 3.05) is 5.75 Å². The molecule has 0 aromatic carbocycles. The average molecular weight is 176 g/mol. The van der Waals surface area contributed by atoms with Gasteiger partial charge in [-0.2, -0.15) is 0 Å². The summed E-state index contributed by atoms with van der Waals surface area (Å²) in [6, 6.07) is 0. The first-order chi connectivity index (χ1) is 4.92. The lowest BCUT2D eigenvalue weighted by molar-refractivity contribution is 0.409. The van der Waals surface area contributed by atoms with Crippen LogP contribution in [0.25, 0.3) is 0 Å². The molecule has 1 heterocycles. The molecule has 0 saturated carbocycles. The smallest absolute Gasteiger partial charge is 0.155 e. The fraction of sp³-hybridized carbons (Fsp3) is 1.00. The molecule has 1 rings (SSSR count). The van der Waals surface area contributed by atoms with Crippen LogP contribution in [0.3, 0.4) is 0 Å². The molecule has 3 heteroatoms. The van der Waals surface area contributed by atoms with Crippen LogP contribution in [0.15, 0.2) is 0 Å². The third-order valence-electron chi connectivity index (χ3n) is 3.01. The molecule has 1 saturated heterocycles. The molecular formula is C8H16O2S. The fourth-order valence-electron chi connectivity index (χ4n) is 1.86. The van der Waals surface area contributed by atoms with Crippen molar-refractivity contribution >= 4 is 9.84 Å². The van der Waals surface area contributed by atoms with Gasteiger partial charge >= 0.3 is 0 Å². The molecule has 0 bridgehead atoms. The highest BCUT2D eigenvalue weighted by atomic mass is 32.2. The number of sulfone groups is 1. The summed E-state index contributed by atoms with van der Waals surface area (Å²) >= 11 is 0. The molecule has 0 amide bonds. The Morgan fingerprint density at radius 1 is 1.45 bits per heavy atom. The van der Waals surface area contributed by atoms with Crippen molar-refractivity contribution < 1.29 is 8.42 Å². The minimum atomic E-state index is -2.79. The topological polar surface area (TPSA) is 34.1 Å². The van der Waals surface area contributed by atoms with Gasteiger partial charge in [0.15, 0.2) is 9.84 Å². The van der Waals surface area contributed by atoms with Crippen LogP contribution in [0.5, 0.6) is 0 Å². The standard InChI is InChI=1S/C8H16O2S/c1-4-7-5-6-11(9,10)8(7,2)3/h7H,4-6H2,1-3H3. The highest BCUT2D eigenvalue weighted by molar-refractivity contribution is 7.93. The van der Waals surface area contributed by atoms with Crippen LogP contribution in [-0.4, -0.2) is 18.9 Å². The third kappa shape index (κ3) is 1.19. The molecule has 2 nitrogen and oxygen atoms in total. The van der Waals surface area contributed by atoms with Gasteiger partial charge in [0.25, 0.3) is 0 Å². The summed E-state index contributed by atoms with van der Waals surface area (Å²) in [7, 11) is -2.79. The summed E-state index contributed by atoms with van der Waals surface area (Å²) in [5.41, 5.74) is 0. The molecule has 1 aliphatic rings. The van der Waals surface area contributed by atoms with E-state index < -0.39 is 14.6 Å². The summed E-state index contributed by atoms with van der Waals surface area (Å²) < 4.78 is 22.4. The lowest BCUT2D eigenvalue weighted by Gasteiger charge is -2.24. The first-order valence-corrected chi connectivity index (χ1v) is 5.79. The van der Waals surface area contributed by atoms with Crippen LogP contribution in [0.1, 0.15) is 33.6 Å². The van der Waals surface area contributed by atoms with E-state index in [1.165, 1.54) is 0 Å². The average Bonchev–Trinajstić information content (AvgIpc) is 2.05. The lowest BCUT2D eigenvalue weighted by Crippen LogP contribution is -2.33. The molecule has 66 valence electrons. The highest BCUT2D eigenvalue weighted by Crippen LogP contribution is 2.38. The van der Waals surface area contributed by atoms with E-state index >= 15 is 0 Å². The summed E-state index contributed by atoms with van der Waals surface area (Å²) in [6.07, 6.45) is 1.83. The van der Waals surface area contributed by atoms with E-state index in [-0.39, 0.29) is 0 Å². The molecule has 0 aromatic heterocycles. The van der Waals surface area contributed by atoms with Crippen molar-refractivity contribution in [1.29, 1.82) is 0 Å². The second-order valence-corrected chi connectivity index (χ2v) is 6.51. The van der Waals surface area contributed by atoms with Gasteiger partial charge in [0, 0.05) is 0 Å². The van der Waals surface area contributed by atoms with Crippen molar-refractivity contribution in [2.24, 2.45) is 5.92 Å². The molecule has 1 fully saturated rings. The highest BCUT2D eigenvalue weighted by Gasteiger charge is 2.46. The monoisotopic (exact) mass is 176 g/mol. The van der Waals surface area contributed by atoms with Gasteiger partial charge in [0.05, 0.1) is 10.5 Å². The maximum Gasteiger partial charge on any atom is 0.155 e. The Morgan fingerprint density at radius 3 is 2.18 bits per heavy atom. The lowest BCUT2D eigenvalue weighted by atomic mass is 9.91. The van der Waals surface area contributed by atoms with Crippen LogP contribution in [-0.2, 0) is 9.84 Å². The van der Waals surface area contributed by atoms with Gasteiger partial charge in [-0.1, -0.05) is 13.3 Å². The summed E-state index contributed by atoms with van der Waals surface area (Å²) in [6.45, 7) is 5.76. The first-order valence-electron chi connectivity index (χ1n) is 4.14. The Morgan fingerprint density at radius 2 is 2.00 bits per heavy atom. The molecule has 0 aliphatic carbocycles. The molecular weight excluding hydrogens is 160 g/mol. The van der Waals surface area contributed by atoms with Crippen LogP contribution in [0.2, 0.25) is 0 Å². The first kappa shape index (κ1) is 9.04. The van der Waals surface area contributed by atoms with E-state index in [0.29, 0.717) is 11.7 Å². The van der Waals surface area contributed by atoms with E-state index in [1.807, 2.05) is 13.8 Å². The van der Waals surface area contributed by atoms with Gasteiger partial charge in [0.2, 0.25) is 0 Å². The second kappa shape index (κ2) is 2.47. The normalized spacial score (nSPS) is 33.9. The van der Waals surface area contributed by atoms with Gasteiger partial charge < -0.3 is 0 Å². The molecule has 1 unspecified atom stereocenters. The van der Waals surface area contributed by atoms with Crippen molar-refractivity contribution in [3.8, 4) is 0 Å². The Labute approximate surface area is 68.9 Å². The Balaban J connectivity index is 3.00. The number of hydrogen-bond donors (Lipinski definition) is 0. The zero-order valence-electron chi connectivity index (χ0n) is 7.42. The van der Waals surface area contributed by atoms with Crippen LogP contribution < -0.4 is 0 Å². The van der Waals surface area contributed by atoms with E-state index in [2.05, 4.69) is 6.92 Å². The van der Waals surface area contributed by atoms with E-state index in [4.69, 9.17) is 0 Å². The number of rotatable bonds is 1. The zero-order chi connectivity index (χ0) is 8.70. The summed E-state index contributed by atoms with van der Waals surface area (Å²) in [5, 5.41) is 0. The van der Waals surface area contributed by atoms with Crippen LogP contribution >= 0.6 is 0 Å². The van der Waals surface area contributed by atoms with E-state index in [9.17, 15) is 8.42 Å². The van der Waals surface area contributed by atoms with Gasteiger partial charge in [-0.15, -0.1) is 0 Å². The SMILES string of the molecule is CCC1CCS(=O)(=O)C1(C)C. The molecule has 1 aliphatic heterocycles. The van der Waals surface area contributed by atoms with Crippen molar-refractivity contribution in [3.63, 3.8) is 0 Å². The molecule has 1 atom stereocenters. The largest absolute Gasteiger partial charge is 0.228 e. The quantitative estimate of drug-likeness (QED) is 0.608. The zero-order valence-corrected chi connectivity index (χ0v) is 8.24. The fourth-order valence-corrected chi connectivity index (χ4v) is 3.77. The van der Waals surface area contributed by atoms with Gasteiger partial charge in [-0.3, -0.25) is 0 Å². The maximum absolute atomic E-state index is 11.5. The van der Waals surface area contributed by atoms with Crippen molar-refractivity contribution in [3.05, 3.63) is 0 Å². The van der Waals surface area contributed by atoms with E-state index in [1.54, 1.807) is 0 Å². The van der Waals surface area contributed by atoms with Crippen LogP contribution in [0, 0.1) is 5.92 Å². The van der Waals surface area contributed by atoms with Gasteiger partial charge in [0.1, 0.15) is 0 Å². The maximum atomic E-state index is 11.5.